The van der Waals surface area contributed by atoms with Gasteiger partial charge in [0.25, 0.3) is 0 Å². The summed E-state index contributed by atoms with van der Waals surface area (Å²) in [6.45, 7) is 8.78. The van der Waals surface area contributed by atoms with Crippen molar-refractivity contribution in [3.63, 3.8) is 0 Å². The van der Waals surface area contributed by atoms with Gasteiger partial charge in [0.15, 0.2) is 6.29 Å². The smallest absolute Gasteiger partial charge is 0.321 e. The molecule has 0 radical (unpaired) electrons. The topological polar surface area (TPSA) is 62.0 Å². The van der Waals surface area contributed by atoms with E-state index < -0.39 is 9.28 Å². The molecule has 6 nitrogen and oxygen atoms in total. The maximum Gasteiger partial charge on any atom is 0.321 e. The summed E-state index contributed by atoms with van der Waals surface area (Å²) in [4.78, 5) is 0. The molecule has 2 saturated heterocycles. The van der Waals surface area contributed by atoms with E-state index >= 15 is 0 Å². The van der Waals surface area contributed by atoms with Gasteiger partial charge in [0.2, 0.25) is 0 Å². The predicted octanol–water partition coefficient (Wildman–Crippen LogP) is 2.39. The van der Waals surface area contributed by atoms with E-state index in [1.165, 1.54) is 0 Å². The van der Waals surface area contributed by atoms with Crippen LogP contribution in [0.4, 0.5) is 0 Å². The Morgan fingerprint density at radius 3 is 1.83 bits per heavy atom. The molecule has 2 rings (SSSR count). The maximum atomic E-state index is 6.01. The molecule has 2 unspecified atom stereocenters. The quantitative estimate of drug-likeness (QED) is 0.171. The van der Waals surface area contributed by atoms with E-state index in [2.05, 4.69) is 13.8 Å². The third-order valence-electron chi connectivity index (χ3n) is 3.98. The van der Waals surface area contributed by atoms with Crippen LogP contribution in [0.25, 0.3) is 0 Å². The number of ether oxygens (including phenoxy) is 4. The molecule has 2 fully saturated rings. The second kappa shape index (κ2) is 12.3. The Morgan fingerprint density at radius 1 is 0.917 bits per heavy atom. The Labute approximate surface area is 147 Å². The molecule has 2 aliphatic heterocycles. The lowest BCUT2D eigenvalue weighted by Gasteiger charge is -2.21. The molecule has 0 aromatic carbocycles. The van der Waals surface area contributed by atoms with E-state index in [1.54, 1.807) is 0 Å². The van der Waals surface area contributed by atoms with Crippen LogP contribution in [0.15, 0.2) is 0 Å². The molecule has 0 aliphatic carbocycles. The lowest BCUT2D eigenvalue weighted by molar-refractivity contribution is -0.148. The Kier molecular flexibility index (Phi) is 10.4. The molecule has 0 bridgehead atoms. The molecule has 0 saturated carbocycles. The van der Waals surface area contributed by atoms with E-state index in [0.717, 1.165) is 64.6 Å². The maximum absolute atomic E-state index is 6.01. The first-order valence-electron chi connectivity index (χ1n) is 9.51. The normalized spacial score (nSPS) is 23.6. The minimum atomic E-state index is -1.64. The number of hydrogen-bond donors (Lipinski definition) is 0. The van der Waals surface area contributed by atoms with Crippen LogP contribution in [0, 0.1) is 0 Å². The largest absolute Gasteiger partial charge is 0.397 e. The third-order valence-corrected chi connectivity index (χ3v) is 6.00. The van der Waals surface area contributed by atoms with Gasteiger partial charge >= 0.3 is 9.28 Å². The van der Waals surface area contributed by atoms with E-state index in [-0.39, 0.29) is 18.5 Å². The highest BCUT2D eigenvalue weighted by molar-refractivity contribution is 6.44. The van der Waals surface area contributed by atoms with E-state index in [4.69, 9.17) is 27.8 Å². The number of epoxide rings is 2. The molecule has 2 atom stereocenters. The van der Waals surface area contributed by atoms with Gasteiger partial charge in [0.1, 0.15) is 12.2 Å². The van der Waals surface area contributed by atoms with Crippen molar-refractivity contribution < 1.29 is 27.8 Å². The number of unbranched alkanes of at least 4 members (excludes halogenated alkanes) is 2. The van der Waals surface area contributed by atoms with Crippen molar-refractivity contribution in [2.45, 2.75) is 70.5 Å². The predicted molar refractivity (Wildman–Crippen MR) is 93.5 cm³/mol. The SMILES string of the molecule is CCCCO[SiH](CCC(OCC1CO1)OCC1CO1)OCCCC. The molecule has 0 aromatic heterocycles. The van der Waals surface area contributed by atoms with Crippen molar-refractivity contribution in [3.05, 3.63) is 0 Å². The summed E-state index contributed by atoms with van der Waals surface area (Å²) in [6.07, 6.45) is 5.59. The molecule has 2 aliphatic rings. The molecule has 2 heterocycles. The molecule has 24 heavy (non-hydrogen) atoms. The van der Waals surface area contributed by atoms with Crippen molar-refractivity contribution in [1.29, 1.82) is 0 Å². The van der Waals surface area contributed by atoms with Crippen LogP contribution in [0.2, 0.25) is 6.04 Å². The zero-order chi connectivity index (χ0) is 17.0. The lowest BCUT2D eigenvalue weighted by atomic mass is 10.4. The summed E-state index contributed by atoms with van der Waals surface area (Å²) in [5, 5.41) is 0. The Bertz CT molecular complexity index is 285. The van der Waals surface area contributed by atoms with Crippen molar-refractivity contribution in [1.82, 2.24) is 0 Å². The Morgan fingerprint density at radius 2 is 1.42 bits per heavy atom. The van der Waals surface area contributed by atoms with Crippen LogP contribution in [0.3, 0.4) is 0 Å². The minimum Gasteiger partial charge on any atom is -0.397 e. The average Bonchev–Trinajstić information content (AvgIpc) is 3.48. The summed E-state index contributed by atoms with van der Waals surface area (Å²) < 4.78 is 34.1. The average molecular weight is 363 g/mol. The highest BCUT2D eigenvalue weighted by Gasteiger charge is 2.28. The molecule has 0 amide bonds. The second-order valence-electron chi connectivity index (χ2n) is 6.46. The van der Waals surface area contributed by atoms with Crippen LogP contribution >= 0.6 is 0 Å². The fourth-order valence-electron chi connectivity index (χ4n) is 2.18. The van der Waals surface area contributed by atoms with Gasteiger partial charge in [-0.25, -0.2) is 0 Å². The highest BCUT2D eigenvalue weighted by atomic mass is 28.3. The Balaban J connectivity index is 1.67. The highest BCUT2D eigenvalue weighted by Crippen LogP contribution is 2.17. The zero-order valence-corrected chi connectivity index (χ0v) is 16.4. The number of rotatable bonds is 17. The second-order valence-corrected chi connectivity index (χ2v) is 8.57. The van der Waals surface area contributed by atoms with Crippen LogP contribution in [0.5, 0.6) is 0 Å². The minimum absolute atomic E-state index is 0.210. The molecule has 0 spiro atoms. The van der Waals surface area contributed by atoms with Crippen molar-refractivity contribution in [2.75, 3.05) is 39.6 Å². The standard InChI is InChI=1S/C17H34O6Si/c1-3-5-8-22-24(23-9-6-4-2)10-7-17(20-13-15-11-18-15)21-14-16-12-19-16/h15-17,24H,3-14H2,1-2H3. The molecule has 142 valence electrons. The van der Waals surface area contributed by atoms with Gasteiger partial charge in [-0.05, 0) is 18.9 Å². The zero-order valence-electron chi connectivity index (χ0n) is 15.2. The van der Waals surface area contributed by atoms with Crippen LogP contribution in [-0.2, 0) is 27.8 Å². The van der Waals surface area contributed by atoms with Gasteiger partial charge in [0.05, 0.1) is 26.4 Å². The van der Waals surface area contributed by atoms with Crippen molar-refractivity contribution >= 4 is 9.28 Å². The summed E-state index contributed by atoms with van der Waals surface area (Å²) in [5.74, 6) is 0. The molecule has 7 heteroatoms. The van der Waals surface area contributed by atoms with E-state index in [9.17, 15) is 0 Å². The first-order valence-corrected chi connectivity index (χ1v) is 11.3. The van der Waals surface area contributed by atoms with Crippen LogP contribution < -0.4 is 0 Å². The lowest BCUT2D eigenvalue weighted by Crippen LogP contribution is -2.28. The van der Waals surface area contributed by atoms with E-state index in [1.807, 2.05) is 0 Å². The Hall–Kier alpha value is -0.0231. The summed E-state index contributed by atoms with van der Waals surface area (Å²) in [7, 11) is -1.64. The molecule has 0 N–H and O–H groups in total. The molecular weight excluding hydrogens is 328 g/mol. The third kappa shape index (κ3) is 10.1. The summed E-state index contributed by atoms with van der Waals surface area (Å²) >= 11 is 0. The van der Waals surface area contributed by atoms with Crippen molar-refractivity contribution in [2.24, 2.45) is 0 Å². The molecular formula is C17H34O6Si. The van der Waals surface area contributed by atoms with Gasteiger partial charge in [-0.3, -0.25) is 0 Å². The van der Waals surface area contributed by atoms with Gasteiger partial charge in [-0.2, -0.15) is 0 Å². The fraction of sp³-hybridized carbons (Fsp3) is 1.00. The van der Waals surface area contributed by atoms with Crippen LogP contribution in [0.1, 0.15) is 46.0 Å². The number of hydrogen-bond acceptors (Lipinski definition) is 6. The summed E-state index contributed by atoms with van der Waals surface area (Å²) in [5.41, 5.74) is 0. The van der Waals surface area contributed by atoms with Gasteiger partial charge in [-0.15, -0.1) is 0 Å². The first-order chi connectivity index (χ1) is 11.8. The van der Waals surface area contributed by atoms with Gasteiger partial charge in [0, 0.05) is 19.6 Å². The first kappa shape index (κ1) is 20.3. The van der Waals surface area contributed by atoms with E-state index in [0.29, 0.717) is 13.2 Å². The molecule has 0 aromatic rings. The monoisotopic (exact) mass is 362 g/mol. The fourth-order valence-corrected chi connectivity index (χ4v) is 4.01. The van der Waals surface area contributed by atoms with Gasteiger partial charge < -0.3 is 27.8 Å². The van der Waals surface area contributed by atoms with Crippen LogP contribution in [-0.4, -0.2) is 67.4 Å². The van der Waals surface area contributed by atoms with Crippen molar-refractivity contribution in [3.8, 4) is 0 Å². The van der Waals surface area contributed by atoms with Gasteiger partial charge in [-0.1, -0.05) is 26.7 Å². The summed E-state index contributed by atoms with van der Waals surface area (Å²) in [6, 6.07) is 0.912.